The fraction of sp³-hybridized carbons (Fsp3) is 0.464. The van der Waals surface area contributed by atoms with Crippen molar-refractivity contribution >= 4 is 18.0 Å². The Morgan fingerprint density at radius 2 is 1.66 bits per heavy atom. The number of amides is 2. The minimum absolute atomic E-state index is 0.0607. The summed E-state index contributed by atoms with van der Waals surface area (Å²) in [7, 11) is 0. The van der Waals surface area contributed by atoms with E-state index in [1.807, 2.05) is 38.1 Å². The average molecular weight is 479 g/mol. The Kier molecular flexibility index (Phi) is 7.73. The average Bonchev–Trinajstić information content (AvgIpc) is 3.15. The molecular weight excluding hydrogens is 444 g/mol. The molecule has 0 radical (unpaired) electrons. The van der Waals surface area contributed by atoms with Gasteiger partial charge < -0.3 is 20.1 Å². The number of carboxylic acid groups (broad SMARTS) is 1. The van der Waals surface area contributed by atoms with Gasteiger partial charge in [0, 0.05) is 18.5 Å². The van der Waals surface area contributed by atoms with Crippen molar-refractivity contribution in [2.24, 2.45) is 5.92 Å². The van der Waals surface area contributed by atoms with Gasteiger partial charge in [0.25, 0.3) is 0 Å². The van der Waals surface area contributed by atoms with Gasteiger partial charge in [-0.1, -0.05) is 62.4 Å². The molecule has 2 aromatic carbocycles. The van der Waals surface area contributed by atoms with E-state index in [1.54, 1.807) is 4.90 Å². The number of fused-ring (bicyclic) bond motifs is 3. The number of rotatable bonds is 8. The highest BCUT2D eigenvalue weighted by Gasteiger charge is 2.35. The third kappa shape index (κ3) is 5.66. The third-order valence-corrected chi connectivity index (χ3v) is 6.96. The molecule has 7 heteroatoms. The molecule has 2 aliphatic rings. The number of nitrogens with one attached hydrogen (secondary N) is 1. The lowest BCUT2D eigenvalue weighted by atomic mass is 9.96. The summed E-state index contributed by atoms with van der Waals surface area (Å²) in [5, 5.41) is 12.1. The van der Waals surface area contributed by atoms with Crippen LogP contribution in [0.25, 0.3) is 11.1 Å². The Bertz CT molecular complexity index is 1040. The van der Waals surface area contributed by atoms with E-state index in [0.29, 0.717) is 19.4 Å². The standard InChI is InChI=1S/C28H34N2O5/c1-18(2)15-25(27(33)30-14-8-7-9-19(30)16-26(31)32)29-28(34)35-17-24-22-12-5-3-10-20(22)21-11-4-6-13-23(21)24/h3-6,10-13,18-19,24-25H,7-9,14-17H2,1-2H3,(H,29,34)(H,31,32)/t19-,25?/m0/s1. The minimum Gasteiger partial charge on any atom is -0.481 e. The maximum Gasteiger partial charge on any atom is 0.407 e. The second kappa shape index (κ2) is 10.9. The molecule has 2 aromatic rings. The monoisotopic (exact) mass is 478 g/mol. The van der Waals surface area contributed by atoms with Crippen LogP contribution in [0.3, 0.4) is 0 Å². The van der Waals surface area contributed by atoms with Crippen molar-refractivity contribution in [3.05, 3.63) is 59.7 Å². The van der Waals surface area contributed by atoms with Crippen molar-refractivity contribution in [1.29, 1.82) is 0 Å². The topological polar surface area (TPSA) is 95.9 Å². The van der Waals surface area contributed by atoms with Gasteiger partial charge in [-0.05, 0) is 53.9 Å². The second-order valence-electron chi connectivity index (χ2n) is 9.93. The van der Waals surface area contributed by atoms with E-state index in [2.05, 4.69) is 29.6 Å². The molecule has 2 N–H and O–H groups in total. The van der Waals surface area contributed by atoms with Crippen molar-refractivity contribution in [2.75, 3.05) is 13.2 Å². The Balaban J connectivity index is 1.44. The first-order chi connectivity index (χ1) is 16.8. The highest BCUT2D eigenvalue weighted by atomic mass is 16.5. The van der Waals surface area contributed by atoms with Gasteiger partial charge in [-0.25, -0.2) is 4.79 Å². The molecule has 4 rings (SSSR count). The lowest BCUT2D eigenvalue weighted by Gasteiger charge is -2.37. The molecule has 2 amide bonds. The van der Waals surface area contributed by atoms with Crippen LogP contribution in [0.4, 0.5) is 4.79 Å². The normalized spacial score (nSPS) is 18.0. The van der Waals surface area contributed by atoms with Crippen molar-refractivity contribution in [3.63, 3.8) is 0 Å². The summed E-state index contributed by atoms with van der Waals surface area (Å²) in [5.41, 5.74) is 4.56. The largest absolute Gasteiger partial charge is 0.481 e. The fourth-order valence-electron chi connectivity index (χ4n) is 5.38. The van der Waals surface area contributed by atoms with E-state index in [1.165, 1.54) is 0 Å². The number of carboxylic acids is 1. The molecule has 0 saturated carbocycles. The first-order valence-corrected chi connectivity index (χ1v) is 12.5. The number of benzene rings is 2. The number of piperidine rings is 1. The number of carbonyl (C=O) groups excluding carboxylic acids is 2. The van der Waals surface area contributed by atoms with Crippen molar-refractivity contribution in [3.8, 4) is 11.1 Å². The molecule has 35 heavy (non-hydrogen) atoms. The van der Waals surface area contributed by atoms with Crippen LogP contribution in [0.1, 0.15) is 63.0 Å². The number of hydrogen-bond acceptors (Lipinski definition) is 4. The zero-order chi connectivity index (χ0) is 24.9. The number of hydrogen-bond donors (Lipinski definition) is 2. The summed E-state index contributed by atoms with van der Waals surface area (Å²) in [6, 6.07) is 15.2. The Hall–Kier alpha value is -3.35. The Morgan fingerprint density at radius 1 is 1.03 bits per heavy atom. The highest BCUT2D eigenvalue weighted by molar-refractivity contribution is 5.86. The summed E-state index contributed by atoms with van der Waals surface area (Å²) < 4.78 is 5.67. The van der Waals surface area contributed by atoms with E-state index in [9.17, 15) is 19.5 Å². The molecular formula is C28H34N2O5. The molecule has 1 aliphatic carbocycles. The fourth-order valence-corrected chi connectivity index (χ4v) is 5.38. The third-order valence-electron chi connectivity index (χ3n) is 6.96. The van der Waals surface area contributed by atoms with E-state index >= 15 is 0 Å². The van der Waals surface area contributed by atoms with Gasteiger partial charge in [-0.3, -0.25) is 9.59 Å². The molecule has 186 valence electrons. The molecule has 1 unspecified atom stereocenters. The zero-order valence-electron chi connectivity index (χ0n) is 20.4. The smallest absolute Gasteiger partial charge is 0.407 e. The molecule has 2 atom stereocenters. The van der Waals surface area contributed by atoms with Crippen molar-refractivity contribution < 1.29 is 24.2 Å². The molecule has 0 spiro atoms. The quantitative estimate of drug-likeness (QED) is 0.568. The predicted molar refractivity (Wildman–Crippen MR) is 133 cm³/mol. The number of ether oxygens (including phenoxy) is 1. The molecule has 1 saturated heterocycles. The van der Waals surface area contributed by atoms with Gasteiger partial charge in [-0.2, -0.15) is 0 Å². The van der Waals surface area contributed by atoms with Gasteiger partial charge in [0.1, 0.15) is 12.6 Å². The van der Waals surface area contributed by atoms with Crippen LogP contribution in [-0.2, 0) is 14.3 Å². The van der Waals surface area contributed by atoms with Crippen LogP contribution < -0.4 is 5.32 Å². The molecule has 0 bridgehead atoms. The van der Waals surface area contributed by atoms with Crippen molar-refractivity contribution in [2.45, 2.75) is 64.0 Å². The minimum atomic E-state index is -0.917. The van der Waals surface area contributed by atoms with E-state index in [-0.39, 0.29) is 36.8 Å². The van der Waals surface area contributed by atoms with Crippen LogP contribution >= 0.6 is 0 Å². The van der Waals surface area contributed by atoms with Gasteiger partial charge >= 0.3 is 12.1 Å². The number of nitrogens with zero attached hydrogens (tertiary/aromatic N) is 1. The Labute approximate surface area is 206 Å². The van der Waals surface area contributed by atoms with E-state index in [4.69, 9.17) is 4.74 Å². The highest BCUT2D eigenvalue weighted by Crippen LogP contribution is 2.44. The second-order valence-corrected chi connectivity index (χ2v) is 9.93. The first-order valence-electron chi connectivity index (χ1n) is 12.5. The predicted octanol–water partition coefficient (Wildman–Crippen LogP) is 4.80. The molecule has 1 aliphatic heterocycles. The lowest BCUT2D eigenvalue weighted by Crippen LogP contribution is -2.54. The first kappa shape index (κ1) is 24.8. The number of alkyl carbamates (subject to hydrolysis) is 1. The molecule has 1 heterocycles. The van der Waals surface area contributed by atoms with Crippen molar-refractivity contribution in [1.82, 2.24) is 10.2 Å². The van der Waals surface area contributed by atoms with E-state index in [0.717, 1.165) is 35.1 Å². The van der Waals surface area contributed by atoms with Gasteiger partial charge in [0.15, 0.2) is 0 Å². The number of carbonyl (C=O) groups is 3. The SMILES string of the molecule is CC(C)CC(NC(=O)OCC1c2ccccc2-c2ccccc21)C(=O)N1CCCC[C@H]1CC(=O)O. The van der Waals surface area contributed by atoms with Gasteiger partial charge in [0.2, 0.25) is 5.91 Å². The molecule has 0 aromatic heterocycles. The summed E-state index contributed by atoms with van der Waals surface area (Å²) in [6.07, 6.45) is 2.15. The van der Waals surface area contributed by atoms with Gasteiger partial charge in [0.05, 0.1) is 6.42 Å². The Morgan fingerprint density at radius 3 is 2.26 bits per heavy atom. The van der Waals surface area contributed by atoms with Crippen LogP contribution in [0.5, 0.6) is 0 Å². The summed E-state index contributed by atoms with van der Waals surface area (Å²) >= 11 is 0. The molecule has 1 fully saturated rings. The maximum atomic E-state index is 13.4. The lowest BCUT2D eigenvalue weighted by molar-refractivity contribution is -0.143. The summed E-state index contributed by atoms with van der Waals surface area (Å²) in [5.74, 6) is -1.03. The molecule has 7 nitrogen and oxygen atoms in total. The summed E-state index contributed by atoms with van der Waals surface area (Å²) in [6.45, 7) is 4.67. The van der Waals surface area contributed by atoms with Crippen LogP contribution in [-0.4, -0.2) is 53.2 Å². The number of aliphatic carboxylic acids is 1. The van der Waals surface area contributed by atoms with Crippen LogP contribution in [0.2, 0.25) is 0 Å². The zero-order valence-corrected chi connectivity index (χ0v) is 20.4. The van der Waals surface area contributed by atoms with Gasteiger partial charge in [-0.15, -0.1) is 0 Å². The van der Waals surface area contributed by atoms with Crippen LogP contribution in [0, 0.1) is 5.92 Å². The summed E-state index contributed by atoms with van der Waals surface area (Å²) in [4.78, 5) is 39.2. The number of likely N-dealkylation sites (tertiary alicyclic amines) is 1. The maximum absolute atomic E-state index is 13.4. The van der Waals surface area contributed by atoms with E-state index < -0.39 is 18.1 Å². The van der Waals surface area contributed by atoms with Crippen LogP contribution in [0.15, 0.2) is 48.5 Å².